The highest BCUT2D eigenvalue weighted by Gasteiger charge is 2.45. The molecule has 0 radical (unpaired) electrons. The van der Waals surface area contributed by atoms with Gasteiger partial charge in [-0.25, -0.2) is 4.98 Å². The van der Waals surface area contributed by atoms with Gasteiger partial charge in [0.1, 0.15) is 11.7 Å². The van der Waals surface area contributed by atoms with Gasteiger partial charge in [-0.15, -0.1) is 0 Å². The zero-order chi connectivity index (χ0) is 16.7. The highest BCUT2D eigenvalue weighted by atomic mass is 16.4. The van der Waals surface area contributed by atoms with Crippen LogP contribution in [0.1, 0.15) is 37.8 Å². The molecule has 1 aliphatic heterocycles. The summed E-state index contributed by atoms with van der Waals surface area (Å²) in [4.78, 5) is 30.6. The lowest BCUT2D eigenvalue weighted by atomic mass is 9.85. The summed E-state index contributed by atoms with van der Waals surface area (Å²) in [5.41, 5.74) is 1.14. The van der Waals surface area contributed by atoms with E-state index in [0.29, 0.717) is 36.3 Å². The van der Waals surface area contributed by atoms with Crippen LogP contribution >= 0.6 is 0 Å². The zero-order valence-corrected chi connectivity index (χ0v) is 13.5. The molecule has 0 bridgehead atoms. The fourth-order valence-corrected chi connectivity index (χ4v) is 4.39. The maximum atomic E-state index is 12.3. The monoisotopic (exact) mass is 327 g/mol. The van der Waals surface area contributed by atoms with Gasteiger partial charge in [0.15, 0.2) is 0 Å². The first-order valence-corrected chi connectivity index (χ1v) is 8.59. The number of fused-ring (bicyclic) bond motifs is 2. The Balaban J connectivity index is 1.67. The van der Waals surface area contributed by atoms with Crippen LogP contribution in [0.25, 0.3) is 5.65 Å². The molecule has 1 N–H and O–H groups in total. The standard InChI is InChI=1S/C18H21N3O3/c22-17-10-13(19-16-7-3-4-8-20(16)17)11-21-14-6-2-1-5-12(14)9-15(21)18(23)24/h3-4,7-8,10,12,14-15H,1-2,5-6,9,11H2,(H,23,24)/t12-,14-,15-/m0/s1. The molecule has 0 unspecified atom stereocenters. The van der Waals surface area contributed by atoms with Gasteiger partial charge in [-0.1, -0.05) is 18.9 Å². The van der Waals surface area contributed by atoms with E-state index >= 15 is 0 Å². The van der Waals surface area contributed by atoms with Crippen LogP contribution < -0.4 is 5.56 Å². The van der Waals surface area contributed by atoms with Gasteiger partial charge in [0.05, 0.1) is 5.69 Å². The number of nitrogens with zero attached hydrogens (tertiary/aromatic N) is 3. The summed E-state index contributed by atoms with van der Waals surface area (Å²) in [6.07, 6.45) is 6.91. The Morgan fingerprint density at radius 1 is 1.29 bits per heavy atom. The van der Waals surface area contributed by atoms with Crippen molar-refractivity contribution in [2.45, 2.75) is 50.7 Å². The van der Waals surface area contributed by atoms with Gasteiger partial charge in [0, 0.05) is 24.8 Å². The molecule has 2 aromatic rings. The van der Waals surface area contributed by atoms with Crippen LogP contribution in [0.15, 0.2) is 35.3 Å². The largest absolute Gasteiger partial charge is 0.480 e. The first-order chi connectivity index (χ1) is 11.6. The lowest BCUT2D eigenvalue weighted by molar-refractivity contribution is -0.142. The molecule has 4 rings (SSSR count). The molecule has 6 nitrogen and oxygen atoms in total. The minimum absolute atomic E-state index is 0.123. The molecule has 1 saturated heterocycles. The average Bonchev–Trinajstić information content (AvgIpc) is 2.94. The van der Waals surface area contributed by atoms with Gasteiger partial charge in [-0.05, 0) is 37.3 Å². The number of aromatic nitrogens is 2. The summed E-state index contributed by atoms with van der Waals surface area (Å²) in [6.45, 7) is 0.429. The molecule has 0 spiro atoms. The van der Waals surface area contributed by atoms with Gasteiger partial charge >= 0.3 is 5.97 Å². The molecule has 2 aliphatic rings. The minimum atomic E-state index is -0.762. The van der Waals surface area contributed by atoms with Crippen LogP contribution in [-0.2, 0) is 11.3 Å². The quantitative estimate of drug-likeness (QED) is 0.932. The van der Waals surface area contributed by atoms with Crippen LogP contribution in [0, 0.1) is 5.92 Å². The summed E-state index contributed by atoms with van der Waals surface area (Å²) in [5, 5.41) is 9.61. The second-order valence-electron chi connectivity index (χ2n) is 6.89. The van der Waals surface area contributed by atoms with Crippen molar-refractivity contribution in [3.63, 3.8) is 0 Å². The third-order valence-corrected chi connectivity index (χ3v) is 5.47. The van der Waals surface area contributed by atoms with Crippen LogP contribution in [0.4, 0.5) is 0 Å². The first kappa shape index (κ1) is 15.3. The van der Waals surface area contributed by atoms with Crippen LogP contribution in [0.5, 0.6) is 0 Å². The average molecular weight is 327 g/mol. The summed E-state index contributed by atoms with van der Waals surface area (Å²) in [7, 11) is 0. The Labute approximate surface area is 139 Å². The molecule has 1 saturated carbocycles. The fourth-order valence-electron chi connectivity index (χ4n) is 4.39. The van der Waals surface area contributed by atoms with Crippen molar-refractivity contribution in [1.82, 2.24) is 14.3 Å². The Morgan fingerprint density at radius 3 is 2.96 bits per heavy atom. The third-order valence-electron chi connectivity index (χ3n) is 5.47. The van der Waals surface area contributed by atoms with Gasteiger partial charge in [-0.3, -0.25) is 18.9 Å². The molecular weight excluding hydrogens is 306 g/mol. The van der Waals surface area contributed by atoms with E-state index in [1.807, 2.05) is 6.07 Å². The Morgan fingerprint density at radius 2 is 2.12 bits per heavy atom. The maximum absolute atomic E-state index is 12.3. The fraction of sp³-hybridized carbons (Fsp3) is 0.500. The van der Waals surface area contributed by atoms with E-state index in [1.54, 1.807) is 18.3 Å². The topological polar surface area (TPSA) is 74.9 Å². The molecule has 2 aromatic heterocycles. The van der Waals surface area contributed by atoms with Crippen molar-refractivity contribution >= 4 is 11.6 Å². The molecule has 6 heteroatoms. The van der Waals surface area contributed by atoms with Gasteiger partial charge in [0.2, 0.25) is 0 Å². The zero-order valence-electron chi connectivity index (χ0n) is 13.5. The third kappa shape index (κ3) is 2.60. The van der Waals surface area contributed by atoms with E-state index in [-0.39, 0.29) is 5.56 Å². The highest BCUT2D eigenvalue weighted by Crippen LogP contribution is 2.40. The molecule has 2 fully saturated rings. The molecule has 3 heterocycles. The summed E-state index contributed by atoms with van der Waals surface area (Å²) in [6, 6.07) is 6.81. The van der Waals surface area contributed by atoms with Crippen LogP contribution in [-0.4, -0.2) is 37.4 Å². The Kier molecular flexibility index (Phi) is 3.84. The van der Waals surface area contributed by atoms with Crippen molar-refractivity contribution in [3.8, 4) is 0 Å². The summed E-state index contributed by atoms with van der Waals surface area (Å²) in [5.74, 6) is -0.302. The molecule has 24 heavy (non-hydrogen) atoms. The minimum Gasteiger partial charge on any atom is -0.480 e. The van der Waals surface area contributed by atoms with E-state index in [0.717, 1.165) is 19.3 Å². The predicted octanol–water partition coefficient (Wildman–Crippen LogP) is 1.91. The molecule has 0 aromatic carbocycles. The lowest BCUT2D eigenvalue weighted by Crippen LogP contribution is -2.42. The second-order valence-corrected chi connectivity index (χ2v) is 6.89. The second kappa shape index (κ2) is 6.02. The maximum Gasteiger partial charge on any atom is 0.320 e. The molecule has 1 aliphatic carbocycles. The number of rotatable bonds is 3. The van der Waals surface area contributed by atoms with E-state index in [1.165, 1.54) is 16.9 Å². The molecule has 0 amide bonds. The number of hydrogen-bond donors (Lipinski definition) is 1. The van der Waals surface area contributed by atoms with E-state index in [2.05, 4.69) is 9.88 Å². The number of pyridine rings is 1. The first-order valence-electron chi connectivity index (χ1n) is 8.59. The number of hydrogen-bond acceptors (Lipinski definition) is 4. The Bertz CT molecular complexity index is 832. The van der Waals surface area contributed by atoms with Gasteiger partial charge < -0.3 is 5.11 Å². The predicted molar refractivity (Wildman–Crippen MR) is 88.8 cm³/mol. The SMILES string of the molecule is O=C(O)[C@@H]1C[C@@H]2CCCC[C@@H]2N1Cc1cc(=O)n2ccccc2n1. The number of likely N-dealkylation sites (tertiary alicyclic amines) is 1. The highest BCUT2D eigenvalue weighted by molar-refractivity contribution is 5.74. The number of carboxylic acid groups (broad SMARTS) is 1. The van der Waals surface area contributed by atoms with Crippen molar-refractivity contribution in [2.24, 2.45) is 5.92 Å². The van der Waals surface area contributed by atoms with Crippen molar-refractivity contribution in [3.05, 3.63) is 46.5 Å². The Hall–Kier alpha value is -2.21. The van der Waals surface area contributed by atoms with Crippen LogP contribution in [0.2, 0.25) is 0 Å². The summed E-state index contributed by atoms with van der Waals surface area (Å²) < 4.78 is 1.51. The van der Waals surface area contributed by atoms with Crippen molar-refractivity contribution in [1.29, 1.82) is 0 Å². The number of carbonyl (C=O) groups is 1. The smallest absolute Gasteiger partial charge is 0.320 e. The lowest BCUT2D eigenvalue weighted by Gasteiger charge is -2.32. The van der Waals surface area contributed by atoms with Gasteiger partial charge in [0.25, 0.3) is 5.56 Å². The van der Waals surface area contributed by atoms with Crippen LogP contribution in [0.3, 0.4) is 0 Å². The van der Waals surface area contributed by atoms with E-state index in [4.69, 9.17) is 0 Å². The number of aliphatic carboxylic acids is 1. The van der Waals surface area contributed by atoms with E-state index in [9.17, 15) is 14.7 Å². The van der Waals surface area contributed by atoms with Crippen molar-refractivity contribution in [2.75, 3.05) is 0 Å². The van der Waals surface area contributed by atoms with E-state index < -0.39 is 12.0 Å². The van der Waals surface area contributed by atoms with Gasteiger partial charge in [-0.2, -0.15) is 0 Å². The molecule has 3 atom stereocenters. The molecule has 126 valence electrons. The number of carboxylic acids is 1. The molecular formula is C18H21N3O3. The summed E-state index contributed by atoms with van der Waals surface area (Å²) >= 11 is 0. The van der Waals surface area contributed by atoms with Crippen molar-refractivity contribution < 1.29 is 9.90 Å². The normalized spacial score (nSPS) is 27.2.